The van der Waals surface area contributed by atoms with Crippen LogP contribution in [0.15, 0.2) is 30.3 Å². The number of likely N-dealkylation sites (tertiary alicyclic amines) is 1. The molecule has 1 amide bonds. The highest BCUT2D eigenvalue weighted by Crippen LogP contribution is 2.16. The van der Waals surface area contributed by atoms with Crippen LogP contribution in [0.5, 0.6) is 5.75 Å². The Labute approximate surface area is 114 Å². The van der Waals surface area contributed by atoms with E-state index in [-0.39, 0.29) is 17.9 Å². The first-order valence-electron chi connectivity index (χ1n) is 6.81. The fraction of sp³-hybridized carbons (Fsp3) is 0.533. The molecule has 1 aliphatic rings. The van der Waals surface area contributed by atoms with Crippen LogP contribution in [0, 0.1) is 5.92 Å². The number of hydrogen-bond donors (Lipinski definition) is 1. The molecule has 19 heavy (non-hydrogen) atoms. The van der Waals surface area contributed by atoms with E-state index < -0.39 is 0 Å². The van der Waals surface area contributed by atoms with Crippen LogP contribution >= 0.6 is 0 Å². The molecule has 1 saturated heterocycles. The highest BCUT2D eigenvalue weighted by molar-refractivity contribution is 5.78. The monoisotopic (exact) mass is 263 g/mol. The lowest BCUT2D eigenvalue weighted by atomic mass is 10.1. The topological polar surface area (TPSA) is 49.8 Å². The number of aliphatic hydroxyl groups excluding tert-OH is 1. The van der Waals surface area contributed by atoms with Crippen molar-refractivity contribution in [3.63, 3.8) is 0 Å². The van der Waals surface area contributed by atoms with Crippen molar-refractivity contribution < 1.29 is 14.6 Å². The second-order valence-corrected chi connectivity index (χ2v) is 5.08. The highest BCUT2D eigenvalue weighted by Gasteiger charge is 2.27. The first-order valence-corrected chi connectivity index (χ1v) is 6.81. The third-order valence-corrected chi connectivity index (χ3v) is 3.46. The van der Waals surface area contributed by atoms with Crippen molar-refractivity contribution in [3.8, 4) is 5.75 Å². The SMILES string of the molecule is CC(CCOc1ccccc1)C(=O)N1CC[C@@H](O)C1. The molecular formula is C15H21NO3. The predicted molar refractivity (Wildman–Crippen MR) is 72.9 cm³/mol. The van der Waals surface area contributed by atoms with Crippen molar-refractivity contribution in [3.05, 3.63) is 30.3 Å². The summed E-state index contributed by atoms with van der Waals surface area (Å²) >= 11 is 0. The number of carbonyl (C=O) groups is 1. The van der Waals surface area contributed by atoms with E-state index in [1.165, 1.54) is 0 Å². The minimum atomic E-state index is -0.350. The summed E-state index contributed by atoms with van der Waals surface area (Å²) in [5, 5.41) is 9.44. The summed E-state index contributed by atoms with van der Waals surface area (Å²) in [5.41, 5.74) is 0. The Kier molecular flexibility index (Phi) is 4.80. The van der Waals surface area contributed by atoms with Crippen LogP contribution < -0.4 is 4.74 Å². The first kappa shape index (κ1) is 13.9. The molecule has 1 aromatic rings. The average molecular weight is 263 g/mol. The predicted octanol–water partition coefficient (Wildman–Crippen LogP) is 1.68. The molecule has 0 aromatic heterocycles. The second-order valence-electron chi connectivity index (χ2n) is 5.08. The summed E-state index contributed by atoms with van der Waals surface area (Å²) in [6.07, 6.45) is 1.04. The minimum Gasteiger partial charge on any atom is -0.494 e. The third-order valence-electron chi connectivity index (χ3n) is 3.46. The Hall–Kier alpha value is -1.55. The Bertz CT molecular complexity index is 407. The molecule has 1 aromatic carbocycles. The maximum absolute atomic E-state index is 12.1. The molecule has 0 saturated carbocycles. The lowest BCUT2D eigenvalue weighted by Crippen LogP contribution is -2.34. The number of hydrogen-bond acceptors (Lipinski definition) is 3. The summed E-state index contributed by atoms with van der Waals surface area (Å²) < 4.78 is 5.59. The highest BCUT2D eigenvalue weighted by atomic mass is 16.5. The summed E-state index contributed by atoms with van der Waals surface area (Å²) in [6, 6.07) is 9.61. The van der Waals surface area contributed by atoms with Gasteiger partial charge in [-0.25, -0.2) is 0 Å². The fourth-order valence-corrected chi connectivity index (χ4v) is 2.25. The number of nitrogens with zero attached hydrogens (tertiary/aromatic N) is 1. The lowest BCUT2D eigenvalue weighted by molar-refractivity contribution is -0.134. The van der Waals surface area contributed by atoms with Gasteiger partial charge < -0.3 is 14.7 Å². The summed E-state index contributed by atoms with van der Waals surface area (Å²) in [4.78, 5) is 13.8. The van der Waals surface area contributed by atoms with Gasteiger partial charge in [0.1, 0.15) is 5.75 Å². The number of β-amino-alcohol motifs (C(OH)–C–C–N with tert-alkyl or cyclic N) is 1. The molecule has 1 fully saturated rings. The number of para-hydroxylation sites is 1. The molecule has 0 spiro atoms. The summed E-state index contributed by atoms with van der Waals surface area (Å²) in [6.45, 7) is 3.60. The van der Waals surface area contributed by atoms with Crippen molar-refractivity contribution in [2.75, 3.05) is 19.7 Å². The van der Waals surface area contributed by atoms with Crippen molar-refractivity contribution in [1.29, 1.82) is 0 Å². The van der Waals surface area contributed by atoms with Crippen LogP contribution in [0.25, 0.3) is 0 Å². The van der Waals surface area contributed by atoms with Crippen molar-refractivity contribution >= 4 is 5.91 Å². The number of benzene rings is 1. The van der Waals surface area contributed by atoms with Crippen molar-refractivity contribution in [2.24, 2.45) is 5.92 Å². The normalized spacial score (nSPS) is 20.3. The number of carbonyl (C=O) groups excluding carboxylic acids is 1. The summed E-state index contributed by atoms with van der Waals surface area (Å²) in [7, 11) is 0. The van der Waals surface area contributed by atoms with Crippen LogP contribution in [0.1, 0.15) is 19.8 Å². The molecule has 0 radical (unpaired) electrons. The smallest absolute Gasteiger partial charge is 0.225 e. The van der Waals surface area contributed by atoms with Gasteiger partial charge in [-0.3, -0.25) is 4.79 Å². The van der Waals surface area contributed by atoms with E-state index in [0.717, 1.165) is 5.75 Å². The number of aliphatic hydroxyl groups is 1. The largest absolute Gasteiger partial charge is 0.494 e. The quantitative estimate of drug-likeness (QED) is 0.879. The van der Waals surface area contributed by atoms with Crippen LogP contribution in [-0.2, 0) is 4.79 Å². The molecule has 0 aliphatic carbocycles. The van der Waals surface area contributed by atoms with Gasteiger partial charge in [0.05, 0.1) is 12.7 Å². The van der Waals surface area contributed by atoms with E-state index in [1.54, 1.807) is 4.90 Å². The van der Waals surface area contributed by atoms with Gasteiger partial charge in [-0.15, -0.1) is 0 Å². The maximum Gasteiger partial charge on any atom is 0.225 e. The van der Waals surface area contributed by atoms with E-state index in [1.807, 2.05) is 37.3 Å². The van der Waals surface area contributed by atoms with Crippen LogP contribution in [0.4, 0.5) is 0 Å². The van der Waals surface area contributed by atoms with Crippen molar-refractivity contribution in [1.82, 2.24) is 4.90 Å². The zero-order chi connectivity index (χ0) is 13.7. The van der Waals surface area contributed by atoms with E-state index in [4.69, 9.17) is 4.74 Å². The molecule has 1 unspecified atom stereocenters. The maximum atomic E-state index is 12.1. The number of rotatable bonds is 5. The third kappa shape index (κ3) is 3.96. The average Bonchev–Trinajstić information content (AvgIpc) is 2.85. The molecule has 1 aliphatic heterocycles. The minimum absolute atomic E-state index is 0.0611. The Balaban J connectivity index is 1.72. The lowest BCUT2D eigenvalue weighted by Gasteiger charge is -2.20. The first-order chi connectivity index (χ1) is 9.16. The van der Waals surface area contributed by atoms with Gasteiger partial charge in [0.25, 0.3) is 0 Å². The molecule has 0 bridgehead atoms. The summed E-state index contributed by atoms with van der Waals surface area (Å²) in [5.74, 6) is 0.890. The van der Waals surface area contributed by atoms with Gasteiger partial charge >= 0.3 is 0 Å². The molecule has 104 valence electrons. The van der Waals surface area contributed by atoms with E-state index in [2.05, 4.69) is 0 Å². The van der Waals surface area contributed by atoms with Crippen LogP contribution in [0.2, 0.25) is 0 Å². The van der Waals surface area contributed by atoms with Crippen LogP contribution in [-0.4, -0.2) is 41.7 Å². The molecule has 2 atom stereocenters. The zero-order valence-corrected chi connectivity index (χ0v) is 11.3. The number of ether oxygens (including phenoxy) is 1. The van der Waals surface area contributed by atoms with Crippen molar-refractivity contribution in [2.45, 2.75) is 25.9 Å². The number of amides is 1. The van der Waals surface area contributed by atoms with E-state index in [9.17, 15) is 9.90 Å². The molecule has 4 nitrogen and oxygen atoms in total. The molecular weight excluding hydrogens is 242 g/mol. The molecule has 4 heteroatoms. The van der Waals surface area contributed by atoms with Gasteiger partial charge in [-0.2, -0.15) is 0 Å². The fourth-order valence-electron chi connectivity index (χ4n) is 2.25. The molecule has 1 N–H and O–H groups in total. The Morgan fingerprint density at radius 2 is 2.21 bits per heavy atom. The molecule has 2 rings (SSSR count). The van der Waals surface area contributed by atoms with Gasteiger partial charge in [0.15, 0.2) is 0 Å². The Morgan fingerprint density at radius 3 is 2.84 bits per heavy atom. The standard InChI is InChI=1S/C15H21NO3/c1-12(15(18)16-9-7-13(17)11-16)8-10-19-14-5-3-2-4-6-14/h2-6,12-13,17H,7-11H2,1H3/t12?,13-/m1/s1. The second kappa shape index (κ2) is 6.57. The van der Waals surface area contributed by atoms with Gasteiger partial charge in [-0.1, -0.05) is 25.1 Å². The molecule has 1 heterocycles. The van der Waals surface area contributed by atoms with Gasteiger partial charge in [-0.05, 0) is 25.0 Å². The Morgan fingerprint density at radius 1 is 1.47 bits per heavy atom. The van der Waals surface area contributed by atoms with Crippen LogP contribution in [0.3, 0.4) is 0 Å². The van der Waals surface area contributed by atoms with Gasteiger partial charge in [0, 0.05) is 19.0 Å². The van der Waals surface area contributed by atoms with E-state index >= 15 is 0 Å². The van der Waals surface area contributed by atoms with E-state index in [0.29, 0.717) is 32.5 Å². The zero-order valence-electron chi connectivity index (χ0n) is 11.3. The van der Waals surface area contributed by atoms with Gasteiger partial charge in [0.2, 0.25) is 5.91 Å².